The molecule has 2 aromatic rings. The third-order valence-electron chi connectivity index (χ3n) is 8.47. The van der Waals surface area contributed by atoms with E-state index in [1.54, 1.807) is 30.3 Å². The molecule has 232 valence electrons. The van der Waals surface area contributed by atoms with Crippen LogP contribution in [-0.2, 0) is 24.6 Å². The van der Waals surface area contributed by atoms with Crippen molar-refractivity contribution in [3.8, 4) is 11.5 Å². The number of sulfone groups is 1. The molecule has 0 aromatic heterocycles. The first-order valence-corrected chi connectivity index (χ1v) is 17.6. The Bertz CT molecular complexity index is 1490. The fourth-order valence-corrected chi connectivity index (χ4v) is 9.60. The van der Waals surface area contributed by atoms with Gasteiger partial charge in [0.25, 0.3) is 0 Å². The number of nitrogens with one attached hydrogen (secondary N) is 1. The van der Waals surface area contributed by atoms with Crippen LogP contribution in [0.2, 0.25) is 0 Å². The Balaban J connectivity index is 1.08. The van der Waals surface area contributed by atoms with Gasteiger partial charge in [-0.25, -0.2) is 16.8 Å². The smallest absolute Gasteiger partial charge is 0.243 e. The summed E-state index contributed by atoms with van der Waals surface area (Å²) in [6.45, 7) is 0.971. The van der Waals surface area contributed by atoms with Crippen molar-refractivity contribution in [2.75, 3.05) is 46.6 Å². The van der Waals surface area contributed by atoms with E-state index in [1.165, 1.54) is 23.5 Å². The van der Waals surface area contributed by atoms with E-state index in [4.69, 9.17) is 14.2 Å². The van der Waals surface area contributed by atoms with Crippen molar-refractivity contribution < 1.29 is 41.3 Å². The number of ether oxygens (including phenoxy) is 3. The fourth-order valence-electron chi connectivity index (χ4n) is 5.60. The molecule has 1 aliphatic carbocycles. The predicted octanol–water partition coefficient (Wildman–Crippen LogP) is 2.10. The minimum Gasteiger partial charge on any atom is -0.496 e. The Kier molecular flexibility index (Phi) is 9.27. The van der Waals surface area contributed by atoms with Crippen LogP contribution in [-0.4, -0.2) is 100 Å². The number of rotatable bonds is 12. The molecule has 5 rings (SSSR count). The highest BCUT2D eigenvalue weighted by atomic mass is 79.9. The van der Waals surface area contributed by atoms with Crippen molar-refractivity contribution in [2.24, 2.45) is 0 Å². The zero-order chi connectivity index (χ0) is 30.2. The van der Waals surface area contributed by atoms with E-state index in [9.17, 15) is 27.0 Å². The molecule has 42 heavy (non-hydrogen) atoms. The van der Waals surface area contributed by atoms with Crippen LogP contribution in [0.4, 0.5) is 0 Å². The quantitative estimate of drug-likeness (QED) is 0.302. The SMILES string of the molecule is COc1ccc(S(=O)(=O)N2CCC3(CC2)C[C@@H](NC[C@H](O)COc2cccc(S(=O)(=O)C4(CO)CC4)c2)CO3)cc1Br. The van der Waals surface area contributed by atoms with Crippen molar-refractivity contribution in [1.82, 2.24) is 9.62 Å². The van der Waals surface area contributed by atoms with Gasteiger partial charge in [-0.05, 0) is 84.4 Å². The highest BCUT2D eigenvalue weighted by molar-refractivity contribution is 9.10. The lowest BCUT2D eigenvalue weighted by Crippen LogP contribution is -2.47. The van der Waals surface area contributed by atoms with Gasteiger partial charge in [0.05, 0.1) is 44.9 Å². The Morgan fingerprint density at radius 1 is 1.10 bits per heavy atom. The average Bonchev–Trinajstić information content (AvgIpc) is 3.71. The van der Waals surface area contributed by atoms with E-state index in [1.807, 2.05) is 0 Å². The predicted molar refractivity (Wildman–Crippen MR) is 158 cm³/mol. The molecule has 0 bridgehead atoms. The number of methoxy groups -OCH3 is 1. The lowest BCUT2D eigenvalue weighted by molar-refractivity contribution is -0.0312. The van der Waals surface area contributed by atoms with Crippen molar-refractivity contribution >= 4 is 35.8 Å². The zero-order valence-corrected chi connectivity index (χ0v) is 26.6. The molecule has 2 heterocycles. The maximum Gasteiger partial charge on any atom is 0.243 e. The second kappa shape index (κ2) is 12.3. The number of halogens is 1. The van der Waals surface area contributed by atoms with Crippen LogP contribution >= 0.6 is 15.9 Å². The molecule has 2 saturated heterocycles. The van der Waals surface area contributed by atoms with Gasteiger partial charge < -0.3 is 29.7 Å². The molecule has 14 heteroatoms. The summed E-state index contributed by atoms with van der Waals surface area (Å²) in [4.78, 5) is 0.308. The van der Waals surface area contributed by atoms with E-state index < -0.39 is 42.9 Å². The number of hydrogen-bond donors (Lipinski definition) is 3. The van der Waals surface area contributed by atoms with Gasteiger partial charge in [-0.2, -0.15) is 4.31 Å². The maximum atomic E-state index is 13.2. The number of nitrogens with zero attached hydrogens (tertiary/aromatic N) is 1. The van der Waals surface area contributed by atoms with Crippen molar-refractivity contribution in [1.29, 1.82) is 0 Å². The molecule has 3 aliphatic rings. The maximum absolute atomic E-state index is 13.2. The molecular weight excluding hydrogens is 652 g/mol. The highest BCUT2D eigenvalue weighted by Gasteiger charge is 2.54. The van der Waals surface area contributed by atoms with Gasteiger partial charge in [0, 0.05) is 25.7 Å². The second-order valence-corrected chi connectivity index (χ2v) is 16.4. The Labute approximate surface area is 255 Å². The zero-order valence-electron chi connectivity index (χ0n) is 23.4. The molecule has 0 radical (unpaired) electrons. The van der Waals surface area contributed by atoms with E-state index >= 15 is 0 Å². The molecule has 2 atom stereocenters. The van der Waals surface area contributed by atoms with Gasteiger partial charge in [-0.15, -0.1) is 0 Å². The van der Waals surface area contributed by atoms with E-state index in [0.717, 1.165) is 0 Å². The van der Waals surface area contributed by atoms with Gasteiger partial charge >= 0.3 is 0 Å². The van der Waals surface area contributed by atoms with Crippen molar-refractivity contribution in [3.05, 3.63) is 46.9 Å². The van der Waals surface area contributed by atoms with E-state index in [-0.39, 0.29) is 29.0 Å². The first-order chi connectivity index (χ1) is 19.9. The van der Waals surface area contributed by atoms with E-state index in [0.29, 0.717) is 67.8 Å². The lowest BCUT2D eigenvalue weighted by Gasteiger charge is -2.38. The number of aliphatic hydroxyl groups is 2. The van der Waals surface area contributed by atoms with Crippen LogP contribution in [0.3, 0.4) is 0 Å². The van der Waals surface area contributed by atoms with Gasteiger partial charge in [0.15, 0.2) is 9.84 Å². The summed E-state index contributed by atoms with van der Waals surface area (Å²) < 4.78 is 70.1. The summed E-state index contributed by atoms with van der Waals surface area (Å²) in [6.07, 6.45) is 1.88. The normalized spacial score (nSPS) is 22.6. The topological polar surface area (TPSA) is 152 Å². The van der Waals surface area contributed by atoms with E-state index in [2.05, 4.69) is 21.2 Å². The molecule has 0 amide bonds. The minimum atomic E-state index is -3.67. The van der Waals surface area contributed by atoms with Crippen molar-refractivity contribution in [3.63, 3.8) is 0 Å². The summed E-state index contributed by atoms with van der Waals surface area (Å²) in [6, 6.07) is 10.9. The third-order valence-corrected chi connectivity index (χ3v) is 13.5. The molecule has 2 aliphatic heterocycles. The summed E-state index contributed by atoms with van der Waals surface area (Å²) >= 11 is 3.36. The summed E-state index contributed by atoms with van der Waals surface area (Å²) in [7, 11) is -5.79. The number of sulfonamides is 1. The van der Waals surface area contributed by atoms with Crippen LogP contribution in [0.5, 0.6) is 11.5 Å². The standard InChI is InChI=1S/C28H37BrN2O9S2/c1-38-26-6-5-24(14-25(26)29)42(36,37)31-11-9-27(10-12-31)15-20(17-40-27)30-16-21(33)18-39-22-3-2-4-23(13-22)41(34,35)28(19-32)7-8-28/h2-6,13-14,20-21,30,32-33H,7-12,15-19H2,1H3/t20-,21+/m1/s1. The molecule has 1 saturated carbocycles. The van der Waals surface area contributed by atoms with Gasteiger partial charge in [-0.3, -0.25) is 0 Å². The Morgan fingerprint density at radius 2 is 1.83 bits per heavy atom. The van der Waals surface area contributed by atoms with Crippen LogP contribution < -0.4 is 14.8 Å². The lowest BCUT2D eigenvalue weighted by atomic mass is 9.88. The van der Waals surface area contributed by atoms with Crippen LogP contribution in [0, 0.1) is 0 Å². The molecule has 3 N–H and O–H groups in total. The molecule has 1 spiro atoms. The Morgan fingerprint density at radius 3 is 2.48 bits per heavy atom. The first kappa shape index (κ1) is 31.6. The molecule has 0 unspecified atom stereocenters. The molecule has 2 aromatic carbocycles. The number of aliphatic hydroxyl groups excluding tert-OH is 2. The largest absolute Gasteiger partial charge is 0.496 e. The monoisotopic (exact) mass is 688 g/mol. The summed E-state index contributed by atoms with van der Waals surface area (Å²) in [5.74, 6) is 0.891. The molecular formula is C28H37BrN2O9S2. The highest BCUT2D eigenvalue weighted by Crippen LogP contribution is 2.46. The Hall–Kier alpha value is -1.78. The molecule has 3 fully saturated rings. The minimum absolute atomic E-state index is 0.00188. The first-order valence-electron chi connectivity index (χ1n) is 13.9. The molecule has 11 nitrogen and oxygen atoms in total. The summed E-state index contributed by atoms with van der Waals surface area (Å²) in [5.41, 5.74) is -0.412. The van der Waals surface area contributed by atoms with Gasteiger partial charge in [0.1, 0.15) is 24.2 Å². The summed E-state index contributed by atoms with van der Waals surface area (Å²) in [5, 5.41) is 23.4. The van der Waals surface area contributed by atoms with Crippen LogP contribution in [0.25, 0.3) is 0 Å². The second-order valence-electron chi connectivity index (χ2n) is 11.3. The van der Waals surface area contributed by atoms with Crippen LogP contribution in [0.1, 0.15) is 32.1 Å². The van der Waals surface area contributed by atoms with Crippen molar-refractivity contribution in [2.45, 2.75) is 64.4 Å². The number of benzene rings is 2. The fraction of sp³-hybridized carbons (Fsp3) is 0.571. The van der Waals surface area contributed by atoms with Gasteiger partial charge in [-0.1, -0.05) is 6.07 Å². The van der Waals surface area contributed by atoms with Crippen LogP contribution in [0.15, 0.2) is 56.7 Å². The average molecular weight is 690 g/mol. The number of piperidine rings is 1. The number of hydrogen-bond acceptors (Lipinski definition) is 10. The van der Waals surface area contributed by atoms with Gasteiger partial charge in [0.2, 0.25) is 10.0 Å². The third kappa shape index (κ3) is 6.36.